The predicted octanol–water partition coefficient (Wildman–Crippen LogP) is 2.84. The number of nitrogens with one attached hydrogen (secondary N) is 1. The molecular weight excluding hydrogens is 268 g/mol. The first-order valence-corrected chi connectivity index (χ1v) is 7.30. The van der Waals surface area contributed by atoms with Crippen LogP contribution in [-0.4, -0.2) is 29.2 Å². The minimum absolute atomic E-state index is 0.268. The fourth-order valence-corrected chi connectivity index (χ4v) is 1.91. The standard InChI is InChI=1S/C15H26N4O2/c1-4-21-13-8-7-12(11-18-13)17-10-6-5-9-15(2,3)14(16)19-20/h7-8,11,17,20H,4-6,9-10H2,1-3H3,(H2,16,19). The SMILES string of the molecule is CCOc1ccc(NCCCCC(C)(C)/C(N)=N/O)cn1. The van der Waals surface area contributed by atoms with Crippen LogP contribution < -0.4 is 15.8 Å². The highest BCUT2D eigenvalue weighted by Crippen LogP contribution is 2.23. The van der Waals surface area contributed by atoms with E-state index in [4.69, 9.17) is 15.7 Å². The molecule has 0 aliphatic carbocycles. The lowest BCUT2D eigenvalue weighted by atomic mass is 9.86. The third-order valence-electron chi connectivity index (χ3n) is 3.39. The Morgan fingerprint density at radius 1 is 1.43 bits per heavy atom. The molecule has 21 heavy (non-hydrogen) atoms. The minimum atomic E-state index is -0.268. The van der Waals surface area contributed by atoms with Gasteiger partial charge in [0.2, 0.25) is 5.88 Å². The molecule has 0 radical (unpaired) electrons. The van der Waals surface area contributed by atoms with Crippen LogP contribution in [0.2, 0.25) is 0 Å². The molecule has 0 aliphatic heterocycles. The lowest BCUT2D eigenvalue weighted by Crippen LogP contribution is -2.31. The molecule has 4 N–H and O–H groups in total. The van der Waals surface area contributed by atoms with Gasteiger partial charge in [-0.2, -0.15) is 0 Å². The fraction of sp³-hybridized carbons (Fsp3) is 0.600. The summed E-state index contributed by atoms with van der Waals surface area (Å²) < 4.78 is 5.29. The number of nitrogens with two attached hydrogens (primary N) is 1. The van der Waals surface area contributed by atoms with Crippen LogP contribution in [0.15, 0.2) is 23.5 Å². The predicted molar refractivity (Wildman–Crippen MR) is 84.9 cm³/mol. The first kappa shape index (κ1) is 17.1. The molecule has 0 saturated heterocycles. The van der Waals surface area contributed by atoms with Gasteiger partial charge in [-0.15, -0.1) is 0 Å². The number of pyridine rings is 1. The van der Waals surface area contributed by atoms with Crippen molar-refractivity contribution in [2.75, 3.05) is 18.5 Å². The highest BCUT2D eigenvalue weighted by Gasteiger charge is 2.22. The van der Waals surface area contributed by atoms with E-state index in [1.807, 2.05) is 32.9 Å². The maximum absolute atomic E-state index is 8.72. The second kappa shape index (κ2) is 8.34. The maximum Gasteiger partial charge on any atom is 0.213 e. The van der Waals surface area contributed by atoms with Gasteiger partial charge in [0.15, 0.2) is 0 Å². The van der Waals surface area contributed by atoms with Gasteiger partial charge in [-0.05, 0) is 25.8 Å². The number of anilines is 1. The van der Waals surface area contributed by atoms with Crippen LogP contribution in [0.1, 0.15) is 40.0 Å². The van der Waals surface area contributed by atoms with Crippen LogP contribution in [0, 0.1) is 5.41 Å². The monoisotopic (exact) mass is 294 g/mol. The van der Waals surface area contributed by atoms with E-state index in [2.05, 4.69) is 15.5 Å². The van der Waals surface area contributed by atoms with Crippen molar-refractivity contribution in [2.24, 2.45) is 16.3 Å². The normalized spacial score (nSPS) is 12.2. The molecule has 118 valence electrons. The maximum atomic E-state index is 8.72. The van der Waals surface area contributed by atoms with Gasteiger partial charge in [-0.3, -0.25) is 0 Å². The van der Waals surface area contributed by atoms with Gasteiger partial charge in [-0.1, -0.05) is 25.4 Å². The molecule has 1 rings (SSSR count). The van der Waals surface area contributed by atoms with Crippen LogP contribution in [0.5, 0.6) is 5.88 Å². The number of hydrogen-bond acceptors (Lipinski definition) is 5. The molecule has 1 aromatic rings. The summed E-state index contributed by atoms with van der Waals surface area (Å²) in [6.45, 7) is 7.37. The van der Waals surface area contributed by atoms with E-state index in [1.165, 1.54) is 0 Å². The van der Waals surface area contributed by atoms with Crippen LogP contribution in [0.3, 0.4) is 0 Å². The molecule has 0 aromatic carbocycles. The number of nitrogens with zero attached hydrogens (tertiary/aromatic N) is 2. The van der Waals surface area contributed by atoms with Crippen molar-refractivity contribution < 1.29 is 9.94 Å². The average Bonchev–Trinajstić information content (AvgIpc) is 2.48. The van der Waals surface area contributed by atoms with E-state index in [-0.39, 0.29) is 11.3 Å². The van der Waals surface area contributed by atoms with Crippen molar-refractivity contribution in [3.63, 3.8) is 0 Å². The van der Waals surface area contributed by atoms with E-state index in [0.717, 1.165) is 31.5 Å². The Bertz CT molecular complexity index is 443. The average molecular weight is 294 g/mol. The molecule has 0 spiro atoms. The molecule has 0 bridgehead atoms. The van der Waals surface area contributed by atoms with Gasteiger partial charge >= 0.3 is 0 Å². The molecule has 6 nitrogen and oxygen atoms in total. The van der Waals surface area contributed by atoms with Crippen LogP contribution in [-0.2, 0) is 0 Å². The lowest BCUT2D eigenvalue weighted by molar-refractivity contribution is 0.304. The molecule has 0 atom stereocenters. The van der Waals surface area contributed by atoms with Crippen LogP contribution in [0.25, 0.3) is 0 Å². The van der Waals surface area contributed by atoms with Gasteiger partial charge in [0.25, 0.3) is 0 Å². The van der Waals surface area contributed by atoms with Gasteiger partial charge in [0, 0.05) is 18.0 Å². The number of hydrogen-bond donors (Lipinski definition) is 3. The second-order valence-electron chi connectivity index (χ2n) is 5.57. The van der Waals surface area contributed by atoms with E-state index in [0.29, 0.717) is 12.5 Å². The summed E-state index contributed by atoms with van der Waals surface area (Å²) in [4.78, 5) is 4.20. The third-order valence-corrected chi connectivity index (χ3v) is 3.39. The van der Waals surface area contributed by atoms with Crippen molar-refractivity contribution in [2.45, 2.75) is 40.0 Å². The topological polar surface area (TPSA) is 92.8 Å². The zero-order valence-corrected chi connectivity index (χ0v) is 13.1. The second-order valence-corrected chi connectivity index (χ2v) is 5.57. The highest BCUT2D eigenvalue weighted by molar-refractivity contribution is 5.85. The largest absolute Gasteiger partial charge is 0.478 e. The van der Waals surface area contributed by atoms with Gasteiger partial charge in [-0.25, -0.2) is 4.98 Å². The van der Waals surface area contributed by atoms with E-state index >= 15 is 0 Å². The van der Waals surface area contributed by atoms with Crippen molar-refractivity contribution in [1.29, 1.82) is 0 Å². The van der Waals surface area contributed by atoms with Crippen LogP contribution in [0.4, 0.5) is 5.69 Å². The Labute approximate surface area is 126 Å². The van der Waals surface area contributed by atoms with Gasteiger partial charge in [0.05, 0.1) is 18.5 Å². The Hall–Kier alpha value is -1.98. The smallest absolute Gasteiger partial charge is 0.213 e. The summed E-state index contributed by atoms with van der Waals surface area (Å²) in [6.07, 6.45) is 4.66. The fourth-order valence-electron chi connectivity index (χ4n) is 1.91. The lowest BCUT2D eigenvalue weighted by Gasteiger charge is -2.22. The quantitative estimate of drug-likeness (QED) is 0.214. The van der Waals surface area contributed by atoms with Crippen molar-refractivity contribution in [1.82, 2.24) is 4.98 Å². The molecule has 0 fully saturated rings. The molecule has 0 saturated carbocycles. The summed E-state index contributed by atoms with van der Waals surface area (Å²) in [5, 5.41) is 15.1. The summed E-state index contributed by atoms with van der Waals surface area (Å²) in [7, 11) is 0. The zero-order chi connectivity index (χ0) is 15.7. The third kappa shape index (κ3) is 5.89. The number of aromatic nitrogens is 1. The number of rotatable bonds is 9. The van der Waals surface area contributed by atoms with E-state index in [1.54, 1.807) is 6.20 Å². The number of unbranched alkanes of at least 4 members (excludes halogenated alkanes) is 1. The van der Waals surface area contributed by atoms with Crippen molar-refractivity contribution in [3.8, 4) is 5.88 Å². The number of ether oxygens (including phenoxy) is 1. The Balaban J connectivity index is 2.25. The Morgan fingerprint density at radius 2 is 2.19 bits per heavy atom. The van der Waals surface area contributed by atoms with Gasteiger partial charge < -0.3 is 21.0 Å². The summed E-state index contributed by atoms with van der Waals surface area (Å²) in [5.41, 5.74) is 6.37. The Kier molecular flexibility index (Phi) is 6.78. The Morgan fingerprint density at radius 3 is 2.76 bits per heavy atom. The molecule has 0 amide bonds. The van der Waals surface area contributed by atoms with Crippen LogP contribution >= 0.6 is 0 Å². The molecule has 0 aliphatic rings. The summed E-state index contributed by atoms with van der Waals surface area (Å²) in [6, 6.07) is 3.81. The summed E-state index contributed by atoms with van der Waals surface area (Å²) >= 11 is 0. The zero-order valence-electron chi connectivity index (χ0n) is 13.1. The van der Waals surface area contributed by atoms with Crippen molar-refractivity contribution >= 4 is 11.5 Å². The van der Waals surface area contributed by atoms with Crippen molar-refractivity contribution in [3.05, 3.63) is 18.3 Å². The first-order chi connectivity index (χ1) is 9.99. The van der Waals surface area contributed by atoms with E-state index in [9.17, 15) is 0 Å². The minimum Gasteiger partial charge on any atom is -0.478 e. The number of oxime groups is 1. The first-order valence-electron chi connectivity index (χ1n) is 7.30. The summed E-state index contributed by atoms with van der Waals surface area (Å²) in [5.74, 6) is 0.926. The molecule has 1 aromatic heterocycles. The molecule has 6 heteroatoms. The molecule has 1 heterocycles. The molecule has 0 unspecified atom stereocenters. The highest BCUT2D eigenvalue weighted by atomic mass is 16.5. The van der Waals surface area contributed by atoms with E-state index < -0.39 is 0 Å². The van der Waals surface area contributed by atoms with Gasteiger partial charge in [0.1, 0.15) is 5.84 Å². The number of amidine groups is 1. The molecular formula is C15H26N4O2.